The predicted molar refractivity (Wildman–Crippen MR) is 60.8 cm³/mol. The zero-order chi connectivity index (χ0) is 10.7. The smallest absolute Gasteiger partial charge is 0.144 e. The Morgan fingerprint density at radius 2 is 2.20 bits per heavy atom. The largest absolute Gasteiger partial charge is 0.314 e. The van der Waals surface area contributed by atoms with Crippen LogP contribution < -0.4 is 5.32 Å². The van der Waals surface area contributed by atoms with Gasteiger partial charge in [-0.15, -0.1) is 0 Å². The van der Waals surface area contributed by atoms with Crippen LogP contribution in [0.25, 0.3) is 0 Å². The van der Waals surface area contributed by atoms with Gasteiger partial charge in [0.05, 0.1) is 5.02 Å². The molecule has 1 N–H and O–H groups in total. The van der Waals surface area contributed by atoms with Crippen LogP contribution in [0.5, 0.6) is 0 Å². The normalized spacial score (nSPS) is 15.6. The molecule has 1 saturated carbocycles. The average molecular weight is 228 g/mol. The van der Waals surface area contributed by atoms with Gasteiger partial charge in [0, 0.05) is 6.04 Å². The Labute approximate surface area is 94.6 Å². The Morgan fingerprint density at radius 1 is 1.40 bits per heavy atom. The third kappa shape index (κ3) is 3.18. The van der Waals surface area contributed by atoms with Crippen molar-refractivity contribution in [2.45, 2.75) is 31.7 Å². The summed E-state index contributed by atoms with van der Waals surface area (Å²) in [5, 5.41) is 3.63. The molecule has 0 spiro atoms. The molecular weight excluding hydrogens is 213 g/mol. The molecule has 0 amide bonds. The van der Waals surface area contributed by atoms with Gasteiger partial charge in [0.15, 0.2) is 0 Å². The third-order valence-corrected chi connectivity index (χ3v) is 2.96. The number of hydrogen-bond donors (Lipinski definition) is 1. The van der Waals surface area contributed by atoms with E-state index in [1.807, 2.05) is 0 Å². The first-order chi connectivity index (χ1) is 7.27. The van der Waals surface area contributed by atoms with Gasteiger partial charge in [-0.25, -0.2) is 4.39 Å². The fourth-order valence-electron chi connectivity index (χ4n) is 1.61. The summed E-state index contributed by atoms with van der Waals surface area (Å²) in [6.45, 7) is 0.969. The van der Waals surface area contributed by atoms with E-state index < -0.39 is 0 Å². The van der Waals surface area contributed by atoms with Crippen LogP contribution in [0.2, 0.25) is 5.02 Å². The second kappa shape index (κ2) is 4.95. The molecule has 0 aromatic heterocycles. The Balaban J connectivity index is 1.78. The lowest BCUT2D eigenvalue weighted by molar-refractivity contribution is 0.592. The molecule has 2 rings (SSSR count). The highest BCUT2D eigenvalue weighted by Crippen LogP contribution is 2.20. The van der Waals surface area contributed by atoms with E-state index in [1.54, 1.807) is 18.2 Å². The van der Waals surface area contributed by atoms with Crippen molar-refractivity contribution >= 4 is 11.6 Å². The zero-order valence-corrected chi connectivity index (χ0v) is 9.36. The summed E-state index contributed by atoms with van der Waals surface area (Å²) in [4.78, 5) is 0. The Kier molecular flexibility index (Phi) is 3.60. The Morgan fingerprint density at radius 3 is 2.93 bits per heavy atom. The molecule has 0 aliphatic heterocycles. The van der Waals surface area contributed by atoms with Gasteiger partial charge in [-0.3, -0.25) is 0 Å². The van der Waals surface area contributed by atoms with Crippen LogP contribution >= 0.6 is 11.6 Å². The van der Waals surface area contributed by atoms with Gasteiger partial charge in [0.25, 0.3) is 0 Å². The average Bonchev–Trinajstić information content (AvgIpc) is 3.02. The lowest BCUT2D eigenvalue weighted by atomic mass is 10.1. The maximum Gasteiger partial charge on any atom is 0.144 e. The van der Waals surface area contributed by atoms with Crippen molar-refractivity contribution in [1.82, 2.24) is 5.32 Å². The molecule has 3 heteroatoms. The summed E-state index contributed by atoms with van der Waals surface area (Å²) in [7, 11) is 0. The minimum absolute atomic E-state index is 0.225. The van der Waals surface area contributed by atoms with Crippen LogP contribution in [0.4, 0.5) is 4.39 Å². The summed E-state index contributed by atoms with van der Waals surface area (Å²) in [6, 6.07) is 5.92. The molecule has 15 heavy (non-hydrogen) atoms. The maximum atomic E-state index is 13.4. The van der Waals surface area contributed by atoms with Gasteiger partial charge in [-0.2, -0.15) is 0 Å². The van der Waals surface area contributed by atoms with E-state index in [2.05, 4.69) is 5.32 Å². The summed E-state index contributed by atoms with van der Waals surface area (Å²) in [5.74, 6) is -0.259. The van der Waals surface area contributed by atoms with E-state index in [4.69, 9.17) is 11.6 Å². The number of hydrogen-bond acceptors (Lipinski definition) is 1. The van der Waals surface area contributed by atoms with Gasteiger partial charge < -0.3 is 5.32 Å². The van der Waals surface area contributed by atoms with E-state index in [0.717, 1.165) is 31.0 Å². The summed E-state index contributed by atoms with van der Waals surface area (Å²) in [6.07, 6.45) is 4.32. The highest BCUT2D eigenvalue weighted by Gasteiger charge is 2.19. The Hall–Kier alpha value is -0.600. The molecule has 0 saturated heterocycles. The summed E-state index contributed by atoms with van der Waals surface area (Å²) < 4.78 is 13.4. The zero-order valence-electron chi connectivity index (χ0n) is 8.60. The van der Waals surface area contributed by atoms with Crippen molar-refractivity contribution in [2.24, 2.45) is 0 Å². The molecule has 1 aliphatic carbocycles. The molecule has 1 nitrogen and oxygen atoms in total. The Bertz CT molecular complexity index is 336. The van der Waals surface area contributed by atoms with Crippen LogP contribution in [0, 0.1) is 5.82 Å². The first kappa shape index (κ1) is 10.9. The topological polar surface area (TPSA) is 12.0 Å². The molecular formula is C12H15ClFN. The van der Waals surface area contributed by atoms with Crippen molar-refractivity contribution < 1.29 is 4.39 Å². The lowest BCUT2D eigenvalue weighted by Crippen LogP contribution is -2.18. The highest BCUT2D eigenvalue weighted by atomic mass is 35.5. The van der Waals surface area contributed by atoms with E-state index in [-0.39, 0.29) is 10.8 Å². The summed E-state index contributed by atoms with van der Waals surface area (Å²) >= 11 is 5.70. The first-order valence-corrected chi connectivity index (χ1v) is 5.81. The minimum atomic E-state index is -0.259. The minimum Gasteiger partial charge on any atom is -0.314 e. The van der Waals surface area contributed by atoms with E-state index >= 15 is 0 Å². The van der Waals surface area contributed by atoms with Crippen molar-refractivity contribution in [3.63, 3.8) is 0 Å². The van der Waals surface area contributed by atoms with Crippen molar-refractivity contribution in [3.05, 3.63) is 34.6 Å². The standard InChI is InChI=1S/C12H15ClFN/c13-11-5-1-3-9(12(11)14)4-2-8-15-10-6-7-10/h1,3,5,10,15H,2,4,6-8H2. The molecule has 1 aromatic carbocycles. The summed E-state index contributed by atoms with van der Waals surface area (Å²) in [5.41, 5.74) is 0.722. The van der Waals surface area contributed by atoms with Gasteiger partial charge in [-0.1, -0.05) is 23.7 Å². The third-order valence-electron chi connectivity index (χ3n) is 2.66. The number of benzene rings is 1. The maximum absolute atomic E-state index is 13.4. The van der Waals surface area contributed by atoms with Crippen molar-refractivity contribution in [2.75, 3.05) is 6.54 Å². The molecule has 1 aromatic rings. The van der Waals surface area contributed by atoms with Crippen LogP contribution in [-0.2, 0) is 6.42 Å². The van der Waals surface area contributed by atoms with Crippen LogP contribution in [0.3, 0.4) is 0 Å². The second-order valence-electron chi connectivity index (χ2n) is 4.04. The van der Waals surface area contributed by atoms with Crippen molar-refractivity contribution in [3.8, 4) is 0 Å². The fraction of sp³-hybridized carbons (Fsp3) is 0.500. The second-order valence-corrected chi connectivity index (χ2v) is 4.45. The number of rotatable bonds is 5. The van der Waals surface area contributed by atoms with Crippen LogP contribution in [0.1, 0.15) is 24.8 Å². The number of nitrogens with one attached hydrogen (secondary N) is 1. The quantitative estimate of drug-likeness (QED) is 0.762. The molecule has 0 bridgehead atoms. The molecule has 0 radical (unpaired) electrons. The molecule has 0 unspecified atom stereocenters. The fourth-order valence-corrected chi connectivity index (χ4v) is 1.81. The van der Waals surface area contributed by atoms with Gasteiger partial charge in [-0.05, 0) is 43.9 Å². The number of aryl methyl sites for hydroxylation is 1. The van der Waals surface area contributed by atoms with E-state index in [0.29, 0.717) is 0 Å². The van der Waals surface area contributed by atoms with Crippen LogP contribution in [0.15, 0.2) is 18.2 Å². The first-order valence-electron chi connectivity index (χ1n) is 5.43. The lowest BCUT2D eigenvalue weighted by Gasteiger charge is -2.05. The molecule has 0 atom stereocenters. The van der Waals surface area contributed by atoms with E-state index in [1.165, 1.54) is 12.8 Å². The SMILES string of the molecule is Fc1c(Cl)cccc1CCCNC1CC1. The van der Waals surface area contributed by atoms with Gasteiger partial charge in [0.2, 0.25) is 0 Å². The van der Waals surface area contributed by atoms with Crippen molar-refractivity contribution in [1.29, 1.82) is 0 Å². The monoisotopic (exact) mass is 227 g/mol. The van der Waals surface area contributed by atoms with Gasteiger partial charge >= 0.3 is 0 Å². The highest BCUT2D eigenvalue weighted by molar-refractivity contribution is 6.30. The predicted octanol–water partition coefficient (Wildman–Crippen LogP) is 3.16. The number of halogens is 2. The van der Waals surface area contributed by atoms with Gasteiger partial charge in [0.1, 0.15) is 5.82 Å². The van der Waals surface area contributed by atoms with E-state index in [9.17, 15) is 4.39 Å². The van der Waals surface area contributed by atoms with Crippen LogP contribution in [-0.4, -0.2) is 12.6 Å². The molecule has 0 heterocycles. The molecule has 82 valence electrons. The molecule has 1 aliphatic rings. The molecule has 1 fully saturated rings.